The third kappa shape index (κ3) is 9.45. The number of benzene rings is 2. The number of halogens is 2. The Kier molecular flexibility index (Phi) is 12.4. The molecular weight excluding hydrogens is 607 g/mol. The van der Waals surface area contributed by atoms with Gasteiger partial charge in [0, 0.05) is 47.3 Å². The Morgan fingerprint density at radius 2 is 1.98 bits per heavy atom. The van der Waals surface area contributed by atoms with E-state index in [1.807, 2.05) is 12.1 Å². The van der Waals surface area contributed by atoms with E-state index in [-0.39, 0.29) is 12.5 Å². The van der Waals surface area contributed by atoms with Crippen LogP contribution in [0.3, 0.4) is 0 Å². The molecule has 0 saturated heterocycles. The van der Waals surface area contributed by atoms with Gasteiger partial charge in [-0.15, -0.1) is 0 Å². The molecule has 2 aromatic carbocycles. The highest BCUT2D eigenvalue weighted by Gasteiger charge is 2.22. The monoisotopic (exact) mass is 642 g/mol. The zero-order valence-corrected chi connectivity index (χ0v) is 25.8. The van der Waals surface area contributed by atoms with Crippen LogP contribution in [0.5, 0.6) is 0 Å². The molecule has 14 heteroatoms. The van der Waals surface area contributed by atoms with Crippen molar-refractivity contribution in [2.75, 3.05) is 37.5 Å². The van der Waals surface area contributed by atoms with Crippen molar-refractivity contribution in [3.05, 3.63) is 64.0 Å². The van der Waals surface area contributed by atoms with Gasteiger partial charge in [-0.25, -0.2) is 20.6 Å². The zero-order valence-electron chi connectivity index (χ0n) is 24.3. The van der Waals surface area contributed by atoms with Crippen molar-refractivity contribution in [3.63, 3.8) is 0 Å². The van der Waals surface area contributed by atoms with Gasteiger partial charge in [0.15, 0.2) is 0 Å². The molecule has 44 heavy (non-hydrogen) atoms. The van der Waals surface area contributed by atoms with Crippen molar-refractivity contribution in [1.82, 2.24) is 20.7 Å². The molecule has 0 radical (unpaired) electrons. The van der Waals surface area contributed by atoms with E-state index in [0.29, 0.717) is 51.7 Å². The van der Waals surface area contributed by atoms with Gasteiger partial charge < -0.3 is 30.5 Å². The van der Waals surface area contributed by atoms with Gasteiger partial charge >= 0.3 is 6.09 Å². The Labute approximate surface area is 265 Å². The maximum absolute atomic E-state index is 13.1. The summed E-state index contributed by atoms with van der Waals surface area (Å²) in [5.41, 5.74) is 6.20. The van der Waals surface area contributed by atoms with Gasteiger partial charge in [0.2, 0.25) is 5.91 Å². The molecule has 2 heterocycles. The number of H-pyrrole nitrogens is 1. The number of rotatable bonds is 9. The van der Waals surface area contributed by atoms with Crippen LogP contribution in [0.25, 0.3) is 17.3 Å². The Morgan fingerprint density at radius 3 is 2.80 bits per heavy atom. The highest BCUT2D eigenvalue weighted by Crippen LogP contribution is 2.36. The Bertz CT molecular complexity index is 1490. The first kappa shape index (κ1) is 32.8. The van der Waals surface area contributed by atoms with Crippen LogP contribution in [0, 0.1) is 0 Å². The van der Waals surface area contributed by atoms with Crippen molar-refractivity contribution >= 4 is 64.7 Å². The number of hydrogen-bond donors (Lipinski definition) is 6. The topological polar surface area (TPSA) is 168 Å². The maximum Gasteiger partial charge on any atom is 0.411 e. The van der Waals surface area contributed by atoms with E-state index < -0.39 is 12.1 Å². The smallest absolute Gasteiger partial charge is 0.411 e. The van der Waals surface area contributed by atoms with Crippen molar-refractivity contribution in [1.29, 1.82) is 0 Å². The molecule has 1 aromatic heterocycles. The summed E-state index contributed by atoms with van der Waals surface area (Å²) in [5, 5.41) is 10.1. The molecule has 3 aromatic rings. The number of nitrogens with two attached hydrogens (primary N) is 1. The molecule has 234 valence electrons. The van der Waals surface area contributed by atoms with Crippen LogP contribution in [0.1, 0.15) is 49.5 Å². The number of nitrogens with one attached hydrogen (secondary N) is 5. The van der Waals surface area contributed by atoms with Crippen LogP contribution in [-0.4, -0.2) is 55.2 Å². The standard InChI is InChI=1S/C30H36Cl2N8O4/c1-43-14-15-44-30(42)37-21-9-10-22-25(17-21)34-13-5-3-2-4-6-24(29-39-27(22)28(32)40-29)38-26(41)12-7-19-16-20(31)8-11-23(19)35-18-36-33/h7-12,16-18,24,34H,2-6,13-15,33H2,1H3,(H,35,36)(H,37,42)(H,38,41)(H,39,40). The van der Waals surface area contributed by atoms with Gasteiger partial charge in [0.05, 0.1) is 18.3 Å². The second kappa shape index (κ2) is 16.7. The van der Waals surface area contributed by atoms with Gasteiger partial charge in [0.1, 0.15) is 29.6 Å². The first-order valence-corrected chi connectivity index (χ1v) is 15.0. The van der Waals surface area contributed by atoms with Gasteiger partial charge in [-0.1, -0.05) is 42.5 Å². The molecule has 4 rings (SSSR count). The number of imidazole rings is 1. The number of carbonyl (C=O) groups is 2. The number of ether oxygens (including phenoxy) is 2. The summed E-state index contributed by atoms with van der Waals surface area (Å²) >= 11 is 12.8. The molecule has 7 N–H and O–H groups in total. The number of methoxy groups -OCH3 is 1. The zero-order chi connectivity index (χ0) is 31.3. The van der Waals surface area contributed by atoms with Gasteiger partial charge in [-0.3, -0.25) is 10.1 Å². The number of carbonyl (C=O) groups excluding carboxylic acids is 2. The molecule has 0 aliphatic carbocycles. The van der Waals surface area contributed by atoms with E-state index in [9.17, 15) is 9.59 Å². The van der Waals surface area contributed by atoms with Gasteiger partial charge in [-0.2, -0.15) is 0 Å². The lowest BCUT2D eigenvalue weighted by atomic mass is 10.1. The molecule has 0 fully saturated rings. The molecule has 2 bridgehead atoms. The van der Waals surface area contributed by atoms with E-state index in [1.54, 1.807) is 30.3 Å². The SMILES string of the molecule is COCCOC(=O)Nc1ccc2c(c1)NCCCCCCC(NC(=O)C=Cc1cc(Cl)ccc1N=CNN)c1nc-2c(Cl)[nH]1. The fourth-order valence-electron chi connectivity index (χ4n) is 4.65. The number of anilines is 2. The predicted molar refractivity (Wildman–Crippen MR) is 174 cm³/mol. The fourth-order valence-corrected chi connectivity index (χ4v) is 5.08. The molecule has 12 nitrogen and oxygen atoms in total. The Morgan fingerprint density at radius 1 is 1.14 bits per heavy atom. The molecule has 1 unspecified atom stereocenters. The van der Waals surface area contributed by atoms with E-state index in [2.05, 4.69) is 31.4 Å². The number of aromatic nitrogens is 2. The minimum atomic E-state index is -0.578. The van der Waals surface area contributed by atoms with Gasteiger partial charge in [-0.05, 0) is 55.3 Å². The number of hydrazine groups is 1. The third-order valence-corrected chi connectivity index (χ3v) is 7.29. The highest BCUT2D eigenvalue weighted by atomic mass is 35.5. The van der Waals surface area contributed by atoms with Gasteiger partial charge in [0.25, 0.3) is 0 Å². The van der Waals surface area contributed by atoms with Crippen LogP contribution >= 0.6 is 23.2 Å². The van der Waals surface area contributed by atoms with Crippen LogP contribution in [-0.2, 0) is 14.3 Å². The lowest BCUT2D eigenvalue weighted by Gasteiger charge is -2.15. The molecule has 1 atom stereocenters. The molecule has 1 aliphatic heterocycles. The molecule has 0 spiro atoms. The molecule has 2 amide bonds. The largest absolute Gasteiger partial charge is 0.447 e. The second-order valence-electron chi connectivity index (χ2n) is 9.95. The minimum absolute atomic E-state index is 0.146. The van der Waals surface area contributed by atoms with Crippen LogP contribution in [0.4, 0.5) is 21.9 Å². The number of aromatic amines is 1. The number of amides is 2. The average molecular weight is 644 g/mol. The predicted octanol–water partition coefficient (Wildman–Crippen LogP) is 5.95. The minimum Gasteiger partial charge on any atom is -0.447 e. The summed E-state index contributed by atoms with van der Waals surface area (Å²) in [6, 6.07) is 10.1. The number of fused-ring (bicyclic) bond motifs is 4. The summed E-state index contributed by atoms with van der Waals surface area (Å²) in [6.45, 7) is 1.18. The van der Waals surface area contributed by atoms with Crippen molar-refractivity contribution in [3.8, 4) is 11.3 Å². The lowest BCUT2D eigenvalue weighted by Crippen LogP contribution is -2.27. The van der Waals surface area contributed by atoms with Crippen molar-refractivity contribution in [2.45, 2.75) is 38.1 Å². The summed E-state index contributed by atoms with van der Waals surface area (Å²) in [7, 11) is 1.54. The molecular formula is C30H36Cl2N8O4. The summed E-state index contributed by atoms with van der Waals surface area (Å²) < 4.78 is 10.0. The van der Waals surface area contributed by atoms with E-state index in [1.165, 1.54) is 19.5 Å². The molecule has 0 saturated carbocycles. The lowest BCUT2D eigenvalue weighted by molar-refractivity contribution is -0.117. The molecule has 1 aliphatic rings. The summed E-state index contributed by atoms with van der Waals surface area (Å²) in [4.78, 5) is 37.5. The first-order valence-electron chi connectivity index (χ1n) is 14.2. The van der Waals surface area contributed by atoms with Crippen LogP contribution in [0.15, 0.2) is 47.5 Å². The number of hydrogen-bond acceptors (Lipinski definition) is 8. The van der Waals surface area contributed by atoms with Crippen molar-refractivity contribution in [2.24, 2.45) is 10.8 Å². The van der Waals surface area contributed by atoms with E-state index >= 15 is 0 Å². The second-order valence-corrected chi connectivity index (χ2v) is 10.8. The third-order valence-electron chi connectivity index (χ3n) is 6.78. The average Bonchev–Trinajstić information content (AvgIpc) is 3.39. The van der Waals surface area contributed by atoms with Crippen LogP contribution < -0.4 is 27.2 Å². The highest BCUT2D eigenvalue weighted by molar-refractivity contribution is 6.32. The quantitative estimate of drug-likeness (QED) is 0.0416. The fraction of sp³-hybridized carbons (Fsp3) is 0.333. The number of aliphatic imine (C=N–C) groups is 1. The Balaban J connectivity index is 1.56. The summed E-state index contributed by atoms with van der Waals surface area (Å²) in [5.74, 6) is 5.53. The normalized spacial score (nSPS) is 15.4. The van der Waals surface area contributed by atoms with E-state index in [0.717, 1.165) is 43.5 Å². The Hall–Kier alpha value is -4.10. The van der Waals surface area contributed by atoms with Crippen molar-refractivity contribution < 1.29 is 19.1 Å². The van der Waals surface area contributed by atoms with Crippen LogP contribution in [0.2, 0.25) is 10.2 Å². The van der Waals surface area contributed by atoms with E-state index in [4.69, 9.17) is 43.5 Å². The summed E-state index contributed by atoms with van der Waals surface area (Å²) in [6.07, 6.45) is 8.32. The maximum atomic E-state index is 13.1. The first-order chi connectivity index (χ1) is 21.4. The number of nitrogens with zero attached hydrogens (tertiary/aromatic N) is 2.